The number of likely N-dealkylation sites (N-methyl/N-ethyl adjacent to an activating group) is 1. The maximum absolute atomic E-state index is 14.0. The van der Waals surface area contributed by atoms with Crippen LogP contribution < -0.4 is 10.1 Å². The lowest BCUT2D eigenvalue weighted by atomic mass is 9.99. The number of hydrogen-bond donors (Lipinski definition) is 1. The molecular formula is C22H24FN3O2. The van der Waals surface area contributed by atoms with Crippen LogP contribution in [0.1, 0.15) is 28.4 Å². The van der Waals surface area contributed by atoms with Gasteiger partial charge in [0.05, 0.1) is 18.2 Å². The van der Waals surface area contributed by atoms with Crippen LogP contribution in [-0.4, -0.2) is 42.6 Å². The van der Waals surface area contributed by atoms with Gasteiger partial charge in [-0.15, -0.1) is 0 Å². The molecule has 1 amide bonds. The third kappa shape index (κ3) is 3.47. The van der Waals surface area contributed by atoms with Crippen molar-refractivity contribution >= 4 is 16.8 Å². The first-order valence-corrected chi connectivity index (χ1v) is 9.49. The quantitative estimate of drug-likeness (QED) is 0.735. The Balaban J connectivity index is 1.63. The van der Waals surface area contributed by atoms with Crippen molar-refractivity contribution in [2.24, 2.45) is 0 Å². The molecule has 0 spiro atoms. The van der Waals surface area contributed by atoms with E-state index in [2.05, 4.69) is 14.8 Å². The first-order valence-electron chi connectivity index (χ1n) is 9.49. The normalized spacial score (nSPS) is 16.1. The highest BCUT2D eigenvalue weighted by Crippen LogP contribution is 2.34. The van der Waals surface area contributed by atoms with E-state index in [-0.39, 0.29) is 17.7 Å². The van der Waals surface area contributed by atoms with E-state index in [0.717, 1.165) is 24.0 Å². The Labute approximate surface area is 163 Å². The average Bonchev–Trinajstić information content (AvgIpc) is 3.06. The van der Waals surface area contributed by atoms with Crippen LogP contribution in [0.4, 0.5) is 4.39 Å². The summed E-state index contributed by atoms with van der Waals surface area (Å²) in [5, 5.41) is 4.00. The third-order valence-electron chi connectivity index (χ3n) is 5.15. The number of ether oxygens (including phenoxy) is 1. The summed E-state index contributed by atoms with van der Waals surface area (Å²) in [5.74, 6) is -0.300. The number of carbonyl (C=O) groups is 1. The zero-order valence-electron chi connectivity index (χ0n) is 16.1. The number of carbonyl (C=O) groups excluding carboxylic acids is 1. The molecule has 0 saturated carbocycles. The number of aromatic nitrogens is 1. The van der Waals surface area contributed by atoms with Crippen LogP contribution >= 0.6 is 0 Å². The summed E-state index contributed by atoms with van der Waals surface area (Å²) in [5.41, 5.74) is 2.36. The summed E-state index contributed by atoms with van der Waals surface area (Å²) in [6.07, 6.45) is 2.52. The molecule has 6 heteroatoms. The van der Waals surface area contributed by atoms with Crippen LogP contribution in [0.25, 0.3) is 10.9 Å². The lowest BCUT2D eigenvalue weighted by Crippen LogP contribution is -2.32. The number of nitrogens with one attached hydrogen (secondary N) is 1. The largest absolute Gasteiger partial charge is 0.490 e. The predicted molar refractivity (Wildman–Crippen MR) is 107 cm³/mol. The van der Waals surface area contributed by atoms with E-state index in [1.807, 2.05) is 50.6 Å². The Morgan fingerprint density at radius 3 is 2.89 bits per heavy atom. The van der Waals surface area contributed by atoms with E-state index in [4.69, 9.17) is 4.74 Å². The standard InChI is InChI=1S/C22H24FN3O2/c1-25(2)11-12-26-14-17(15-6-3-4-9-20(15)26)22(27)24-19-10-13-28-21-16(19)7-5-8-18(21)23/h3-9,14,19H,10-13H2,1-2H3,(H,24,27). The Kier molecular flexibility index (Phi) is 5.05. The lowest BCUT2D eigenvalue weighted by Gasteiger charge is -2.26. The first-order chi connectivity index (χ1) is 13.5. The van der Waals surface area contributed by atoms with Crippen LogP contribution in [0.15, 0.2) is 48.7 Å². The monoisotopic (exact) mass is 381 g/mol. The number of nitrogens with zero attached hydrogens (tertiary/aromatic N) is 2. The first kappa shape index (κ1) is 18.5. The molecule has 146 valence electrons. The predicted octanol–water partition coefficient (Wildman–Crippen LogP) is 3.60. The van der Waals surface area contributed by atoms with Gasteiger partial charge in [0.1, 0.15) is 0 Å². The lowest BCUT2D eigenvalue weighted by molar-refractivity contribution is 0.0925. The minimum absolute atomic E-state index is 0.151. The second-order valence-electron chi connectivity index (χ2n) is 7.38. The second kappa shape index (κ2) is 7.64. The highest BCUT2D eigenvalue weighted by molar-refractivity contribution is 6.07. The second-order valence-corrected chi connectivity index (χ2v) is 7.38. The van der Waals surface area contributed by atoms with Crippen molar-refractivity contribution in [1.82, 2.24) is 14.8 Å². The Hall–Kier alpha value is -2.86. The summed E-state index contributed by atoms with van der Waals surface area (Å²) in [6, 6.07) is 12.5. The molecule has 0 saturated heterocycles. The van der Waals surface area contributed by atoms with Gasteiger partial charge in [-0.2, -0.15) is 0 Å². The van der Waals surface area contributed by atoms with Crippen molar-refractivity contribution in [1.29, 1.82) is 0 Å². The van der Waals surface area contributed by atoms with E-state index < -0.39 is 5.82 Å². The van der Waals surface area contributed by atoms with Crippen LogP contribution in [0.2, 0.25) is 0 Å². The zero-order chi connectivity index (χ0) is 19.7. The van der Waals surface area contributed by atoms with Crippen LogP contribution in [-0.2, 0) is 6.54 Å². The number of amides is 1. The van der Waals surface area contributed by atoms with Crippen molar-refractivity contribution in [3.05, 3.63) is 65.6 Å². The molecule has 5 nitrogen and oxygen atoms in total. The Morgan fingerprint density at radius 2 is 2.07 bits per heavy atom. The minimum atomic E-state index is -0.392. The van der Waals surface area contributed by atoms with E-state index in [1.165, 1.54) is 6.07 Å². The molecule has 0 fully saturated rings. The maximum Gasteiger partial charge on any atom is 0.253 e. The van der Waals surface area contributed by atoms with Gasteiger partial charge < -0.3 is 19.5 Å². The summed E-state index contributed by atoms with van der Waals surface area (Å²) in [6.45, 7) is 2.06. The topological polar surface area (TPSA) is 46.5 Å². The molecule has 0 bridgehead atoms. The van der Waals surface area contributed by atoms with Gasteiger partial charge in [0.25, 0.3) is 5.91 Å². The molecular weight excluding hydrogens is 357 g/mol. The number of benzene rings is 2. The van der Waals surface area contributed by atoms with Gasteiger partial charge in [0, 0.05) is 42.2 Å². The van der Waals surface area contributed by atoms with Crippen molar-refractivity contribution in [2.75, 3.05) is 27.2 Å². The molecule has 1 aliphatic heterocycles. The van der Waals surface area contributed by atoms with Gasteiger partial charge in [-0.3, -0.25) is 4.79 Å². The highest BCUT2D eigenvalue weighted by atomic mass is 19.1. The molecule has 0 aliphatic carbocycles. The molecule has 3 aromatic rings. The van der Waals surface area contributed by atoms with E-state index in [1.54, 1.807) is 6.07 Å². The summed E-state index contributed by atoms with van der Waals surface area (Å²) in [7, 11) is 4.06. The SMILES string of the molecule is CN(C)CCn1cc(C(=O)NC2CCOc3c(F)cccc32)c2ccccc21. The van der Waals surface area contributed by atoms with Crippen LogP contribution in [0.3, 0.4) is 0 Å². The fraction of sp³-hybridized carbons (Fsp3) is 0.318. The Morgan fingerprint density at radius 1 is 1.25 bits per heavy atom. The number of hydrogen-bond acceptors (Lipinski definition) is 3. The molecule has 2 aromatic carbocycles. The summed E-state index contributed by atoms with van der Waals surface area (Å²) in [4.78, 5) is 15.2. The molecule has 2 heterocycles. The molecule has 1 atom stereocenters. The molecule has 4 rings (SSSR count). The zero-order valence-corrected chi connectivity index (χ0v) is 16.1. The average molecular weight is 381 g/mol. The van der Waals surface area contributed by atoms with Crippen LogP contribution in [0.5, 0.6) is 5.75 Å². The van der Waals surface area contributed by atoms with Crippen molar-refractivity contribution in [2.45, 2.75) is 19.0 Å². The summed E-state index contributed by atoms with van der Waals surface area (Å²) < 4.78 is 21.6. The molecule has 1 unspecified atom stereocenters. The number of fused-ring (bicyclic) bond motifs is 2. The smallest absolute Gasteiger partial charge is 0.253 e. The van der Waals surface area contributed by atoms with E-state index in [9.17, 15) is 9.18 Å². The highest BCUT2D eigenvalue weighted by Gasteiger charge is 2.26. The number of para-hydroxylation sites is 2. The fourth-order valence-electron chi connectivity index (χ4n) is 3.69. The molecule has 1 aliphatic rings. The van der Waals surface area contributed by atoms with E-state index in [0.29, 0.717) is 24.2 Å². The van der Waals surface area contributed by atoms with Crippen molar-refractivity contribution < 1.29 is 13.9 Å². The summed E-state index contributed by atoms with van der Waals surface area (Å²) >= 11 is 0. The number of halogens is 1. The van der Waals surface area contributed by atoms with Gasteiger partial charge in [-0.25, -0.2) is 4.39 Å². The molecule has 1 aromatic heterocycles. The van der Waals surface area contributed by atoms with E-state index >= 15 is 0 Å². The van der Waals surface area contributed by atoms with Crippen molar-refractivity contribution in [3.63, 3.8) is 0 Å². The van der Waals surface area contributed by atoms with Crippen molar-refractivity contribution in [3.8, 4) is 5.75 Å². The van der Waals surface area contributed by atoms with Crippen LogP contribution in [0, 0.1) is 5.82 Å². The molecule has 28 heavy (non-hydrogen) atoms. The maximum atomic E-state index is 14.0. The van der Waals surface area contributed by atoms with Gasteiger partial charge in [0.2, 0.25) is 0 Å². The molecule has 1 N–H and O–H groups in total. The minimum Gasteiger partial charge on any atom is -0.490 e. The van der Waals surface area contributed by atoms with Gasteiger partial charge >= 0.3 is 0 Å². The molecule has 0 radical (unpaired) electrons. The number of rotatable bonds is 5. The third-order valence-corrected chi connectivity index (χ3v) is 5.15. The fourth-order valence-corrected chi connectivity index (χ4v) is 3.69. The van der Waals surface area contributed by atoms with Gasteiger partial charge in [0.15, 0.2) is 11.6 Å². The Bertz CT molecular complexity index is 1010. The van der Waals surface area contributed by atoms with Gasteiger partial charge in [-0.05, 0) is 26.2 Å². The van der Waals surface area contributed by atoms with Gasteiger partial charge in [-0.1, -0.05) is 30.3 Å².